The summed E-state index contributed by atoms with van der Waals surface area (Å²) in [6.07, 6.45) is 6.78. The molecule has 0 aromatic carbocycles. The van der Waals surface area contributed by atoms with Crippen LogP contribution in [-0.4, -0.2) is 27.0 Å². The molecule has 0 spiro atoms. The van der Waals surface area contributed by atoms with Gasteiger partial charge >= 0.3 is 0 Å². The number of fused-ring (bicyclic) bond motifs is 1. The molecule has 94 valence electrons. The number of aliphatic hydroxyl groups excluding tert-OH is 1. The Labute approximate surface area is 102 Å². The van der Waals surface area contributed by atoms with E-state index in [1.807, 2.05) is 11.7 Å². The summed E-state index contributed by atoms with van der Waals surface area (Å²) in [5.41, 5.74) is 4.07. The lowest BCUT2D eigenvalue weighted by molar-refractivity contribution is 0.0489. The van der Waals surface area contributed by atoms with Gasteiger partial charge in [0, 0.05) is 19.6 Å². The fourth-order valence-electron chi connectivity index (χ4n) is 2.92. The molecule has 1 saturated carbocycles. The lowest BCUT2D eigenvalue weighted by Crippen LogP contribution is -2.47. The van der Waals surface area contributed by atoms with Crippen LogP contribution in [0.4, 0.5) is 0 Å². The lowest BCUT2D eigenvalue weighted by Gasteiger charge is -2.33. The first-order valence-electron chi connectivity index (χ1n) is 6.71. The predicted molar refractivity (Wildman–Crippen MR) is 65.7 cm³/mol. The minimum absolute atomic E-state index is 0.140. The van der Waals surface area contributed by atoms with E-state index in [9.17, 15) is 5.11 Å². The molecule has 1 fully saturated rings. The summed E-state index contributed by atoms with van der Waals surface area (Å²) in [6.45, 7) is 0.848. The molecule has 3 rings (SSSR count). The summed E-state index contributed by atoms with van der Waals surface area (Å²) in [7, 11) is 2.03. The van der Waals surface area contributed by atoms with Gasteiger partial charge in [0.25, 0.3) is 0 Å². The second-order valence-electron chi connectivity index (χ2n) is 5.33. The van der Waals surface area contributed by atoms with Crippen LogP contribution in [0.3, 0.4) is 0 Å². The van der Waals surface area contributed by atoms with Crippen LogP contribution in [0.5, 0.6) is 0 Å². The maximum absolute atomic E-state index is 9.56. The zero-order valence-electron chi connectivity index (χ0n) is 10.4. The molecule has 2 unspecified atom stereocenters. The number of hydrogen-bond donors (Lipinski definition) is 2. The Morgan fingerprint density at radius 1 is 1.35 bits per heavy atom. The monoisotopic (exact) mass is 235 g/mol. The highest BCUT2D eigenvalue weighted by molar-refractivity contribution is 5.28. The van der Waals surface area contributed by atoms with Gasteiger partial charge in [-0.25, -0.2) is 0 Å². The van der Waals surface area contributed by atoms with Crippen molar-refractivity contribution in [3.63, 3.8) is 0 Å². The molecule has 1 heterocycles. The highest BCUT2D eigenvalue weighted by Crippen LogP contribution is 2.25. The van der Waals surface area contributed by atoms with Crippen LogP contribution < -0.4 is 5.32 Å². The highest BCUT2D eigenvalue weighted by Gasteiger charge is 2.29. The normalized spacial score (nSPS) is 27.6. The SMILES string of the molecule is Cn1nc2c(c1CNC1CCC1O)CCCC2. The Morgan fingerprint density at radius 3 is 2.88 bits per heavy atom. The topological polar surface area (TPSA) is 50.1 Å². The molecule has 4 nitrogen and oxygen atoms in total. The van der Waals surface area contributed by atoms with E-state index < -0.39 is 0 Å². The molecular weight excluding hydrogens is 214 g/mol. The van der Waals surface area contributed by atoms with E-state index in [1.54, 1.807) is 0 Å². The zero-order chi connectivity index (χ0) is 11.8. The smallest absolute Gasteiger partial charge is 0.0693 e. The van der Waals surface area contributed by atoms with Crippen LogP contribution in [0.2, 0.25) is 0 Å². The van der Waals surface area contributed by atoms with E-state index in [2.05, 4.69) is 10.4 Å². The van der Waals surface area contributed by atoms with Gasteiger partial charge in [0.05, 0.1) is 17.5 Å². The predicted octanol–water partition coefficient (Wildman–Crippen LogP) is 0.912. The number of rotatable bonds is 3. The summed E-state index contributed by atoms with van der Waals surface area (Å²) in [6, 6.07) is 0.296. The fourth-order valence-corrected chi connectivity index (χ4v) is 2.92. The minimum atomic E-state index is -0.140. The average Bonchev–Trinajstić information content (AvgIpc) is 2.64. The number of nitrogens with zero attached hydrogens (tertiary/aromatic N) is 2. The quantitative estimate of drug-likeness (QED) is 0.819. The molecule has 1 aromatic heterocycles. The average molecular weight is 235 g/mol. The van der Waals surface area contributed by atoms with E-state index in [0.717, 1.165) is 25.8 Å². The third kappa shape index (κ3) is 2.00. The summed E-state index contributed by atoms with van der Waals surface area (Å²) in [5.74, 6) is 0. The molecule has 0 bridgehead atoms. The number of aliphatic hydroxyl groups is 1. The second kappa shape index (κ2) is 4.42. The van der Waals surface area contributed by atoms with Crippen LogP contribution in [0.1, 0.15) is 42.6 Å². The minimum Gasteiger partial charge on any atom is -0.392 e. The Balaban J connectivity index is 1.71. The van der Waals surface area contributed by atoms with Crippen molar-refractivity contribution in [3.8, 4) is 0 Å². The third-order valence-corrected chi connectivity index (χ3v) is 4.22. The Hall–Kier alpha value is -0.870. The summed E-state index contributed by atoms with van der Waals surface area (Å²) in [4.78, 5) is 0. The van der Waals surface area contributed by atoms with Crippen LogP contribution in [0, 0.1) is 0 Å². The van der Waals surface area contributed by atoms with Crippen LogP contribution in [0.15, 0.2) is 0 Å². The molecular formula is C13H21N3O. The van der Waals surface area contributed by atoms with Crippen molar-refractivity contribution in [3.05, 3.63) is 17.0 Å². The first-order chi connectivity index (χ1) is 8.25. The Bertz CT molecular complexity index is 413. The van der Waals surface area contributed by atoms with Crippen molar-refractivity contribution in [2.75, 3.05) is 0 Å². The maximum atomic E-state index is 9.56. The first kappa shape index (κ1) is 11.2. The number of nitrogens with one attached hydrogen (secondary N) is 1. The van der Waals surface area contributed by atoms with E-state index >= 15 is 0 Å². The van der Waals surface area contributed by atoms with Crippen molar-refractivity contribution in [2.24, 2.45) is 7.05 Å². The fraction of sp³-hybridized carbons (Fsp3) is 0.769. The summed E-state index contributed by atoms with van der Waals surface area (Å²) < 4.78 is 2.02. The summed E-state index contributed by atoms with van der Waals surface area (Å²) in [5, 5.41) is 17.6. The maximum Gasteiger partial charge on any atom is 0.0693 e. The third-order valence-electron chi connectivity index (χ3n) is 4.22. The molecule has 1 aromatic rings. The van der Waals surface area contributed by atoms with Gasteiger partial charge < -0.3 is 10.4 Å². The van der Waals surface area contributed by atoms with Gasteiger partial charge in [-0.1, -0.05) is 0 Å². The lowest BCUT2D eigenvalue weighted by atomic mass is 9.89. The molecule has 2 N–H and O–H groups in total. The van der Waals surface area contributed by atoms with Gasteiger partial charge in [0.1, 0.15) is 0 Å². The van der Waals surface area contributed by atoms with Crippen molar-refractivity contribution in [1.82, 2.24) is 15.1 Å². The molecule has 0 radical (unpaired) electrons. The van der Waals surface area contributed by atoms with Crippen LogP contribution in [-0.2, 0) is 26.4 Å². The molecule has 4 heteroatoms. The van der Waals surface area contributed by atoms with Crippen molar-refractivity contribution in [2.45, 2.75) is 57.2 Å². The molecule has 0 aliphatic heterocycles. The second-order valence-corrected chi connectivity index (χ2v) is 5.33. The molecule has 2 atom stereocenters. The van der Waals surface area contributed by atoms with Gasteiger partial charge in [0.2, 0.25) is 0 Å². The molecule has 0 saturated heterocycles. The zero-order valence-corrected chi connectivity index (χ0v) is 10.4. The van der Waals surface area contributed by atoms with Crippen molar-refractivity contribution < 1.29 is 5.11 Å². The van der Waals surface area contributed by atoms with Gasteiger partial charge in [-0.3, -0.25) is 4.68 Å². The van der Waals surface area contributed by atoms with E-state index in [-0.39, 0.29) is 6.10 Å². The number of hydrogen-bond acceptors (Lipinski definition) is 3. The van der Waals surface area contributed by atoms with Gasteiger partial charge in [0.15, 0.2) is 0 Å². The largest absolute Gasteiger partial charge is 0.392 e. The Morgan fingerprint density at radius 2 is 2.18 bits per heavy atom. The molecule has 0 amide bonds. The first-order valence-corrected chi connectivity index (χ1v) is 6.71. The van der Waals surface area contributed by atoms with Crippen molar-refractivity contribution >= 4 is 0 Å². The summed E-state index contributed by atoms with van der Waals surface area (Å²) >= 11 is 0. The van der Waals surface area contributed by atoms with Crippen molar-refractivity contribution in [1.29, 1.82) is 0 Å². The van der Waals surface area contributed by atoms with Gasteiger partial charge in [-0.05, 0) is 44.1 Å². The molecule has 2 aliphatic rings. The van der Waals surface area contributed by atoms with Crippen LogP contribution >= 0.6 is 0 Å². The standard InChI is InChI=1S/C13H21N3O/c1-16-12(8-14-11-6-7-13(11)17)9-4-2-3-5-10(9)15-16/h11,13-14,17H,2-8H2,1H3. The number of aryl methyl sites for hydroxylation is 2. The molecule has 2 aliphatic carbocycles. The number of aromatic nitrogens is 2. The van der Waals surface area contributed by atoms with E-state index in [0.29, 0.717) is 6.04 Å². The highest BCUT2D eigenvalue weighted by atomic mass is 16.3. The van der Waals surface area contributed by atoms with E-state index in [4.69, 9.17) is 0 Å². The van der Waals surface area contributed by atoms with E-state index in [1.165, 1.54) is 36.2 Å². The Kier molecular flexibility index (Phi) is 2.92. The van der Waals surface area contributed by atoms with Crippen LogP contribution in [0.25, 0.3) is 0 Å². The molecule has 17 heavy (non-hydrogen) atoms. The van der Waals surface area contributed by atoms with Gasteiger partial charge in [-0.15, -0.1) is 0 Å². The van der Waals surface area contributed by atoms with Gasteiger partial charge in [-0.2, -0.15) is 5.10 Å².